The molecule has 0 atom stereocenters. The van der Waals surface area contributed by atoms with E-state index in [1.54, 1.807) is 0 Å². The molecule has 1 amide bonds. The van der Waals surface area contributed by atoms with E-state index in [4.69, 9.17) is 5.84 Å². The molecule has 0 aliphatic heterocycles. The first-order chi connectivity index (χ1) is 6.74. The van der Waals surface area contributed by atoms with Gasteiger partial charge in [0.05, 0.1) is 7.11 Å². The molecule has 0 unspecified atom stereocenters. The molecule has 0 spiro atoms. The van der Waals surface area contributed by atoms with Gasteiger partial charge < -0.3 is 0 Å². The number of hydrazine groups is 1. The van der Waals surface area contributed by atoms with Crippen LogP contribution in [0.25, 0.3) is 0 Å². The van der Waals surface area contributed by atoms with Crippen LogP contribution in [0.2, 0.25) is 0 Å². The summed E-state index contributed by atoms with van der Waals surface area (Å²) in [6, 6.07) is 9.77. The molecule has 0 heterocycles. The number of hydrogen-bond acceptors (Lipinski definition) is 3. The van der Waals surface area contributed by atoms with E-state index in [1.165, 1.54) is 7.11 Å². The minimum atomic E-state index is -0.226. The van der Waals surface area contributed by atoms with Gasteiger partial charge in [0.2, 0.25) is 0 Å². The number of rotatable bonds is 4. The molecule has 4 heteroatoms. The molecular formula is C10H14N2O2. The molecule has 1 rings (SSSR count). The van der Waals surface area contributed by atoms with Crippen molar-refractivity contribution in [2.24, 2.45) is 5.84 Å². The van der Waals surface area contributed by atoms with Crippen molar-refractivity contribution in [2.45, 2.75) is 12.8 Å². The van der Waals surface area contributed by atoms with Crippen LogP contribution < -0.4 is 5.84 Å². The summed E-state index contributed by atoms with van der Waals surface area (Å²) < 4.78 is 0. The summed E-state index contributed by atoms with van der Waals surface area (Å²) in [6.45, 7) is 0. The minimum absolute atomic E-state index is 0.226. The summed E-state index contributed by atoms with van der Waals surface area (Å²) in [5, 5.41) is 0.753. The third kappa shape index (κ3) is 3.16. The van der Waals surface area contributed by atoms with Crippen molar-refractivity contribution in [1.29, 1.82) is 0 Å². The zero-order valence-corrected chi connectivity index (χ0v) is 8.14. The van der Waals surface area contributed by atoms with E-state index in [0.29, 0.717) is 12.8 Å². The molecule has 0 aliphatic rings. The van der Waals surface area contributed by atoms with Crippen molar-refractivity contribution >= 4 is 5.91 Å². The van der Waals surface area contributed by atoms with Crippen LogP contribution in [0, 0.1) is 0 Å². The first-order valence-electron chi connectivity index (χ1n) is 4.39. The number of nitrogens with two attached hydrogens (primary N) is 1. The van der Waals surface area contributed by atoms with Crippen LogP contribution in [-0.2, 0) is 16.1 Å². The number of carbonyl (C=O) groups is 1. The molecule has 4 nitrogen and oxygen atoms in total. The van der Waals surface area contributed by atoms with Crippen molar-refractivity contribution in [1.82, 2.24) is 5.17 Å². The topological polar surface area (TPSA) is 55.6 Å². The molecule has 0 bridgehead atoms. The molecule has 1 aromatic rings. The molecule has 0 aromatic heterocycles. The lowest BCUT2D eigenvalue weighted by atomic mass is 10.1. The van der Waals surface area contributed by atoms with Gasteiger partial charge in [-0.3, -0.25) is 9.63 Å². The summed E-state index contributed by atoms with van der Waals surface area (Å²) in [5.74, 6) is 5.02. The van der Waals surface area contributed by atoms with Crippen LogP contribution in [0.1, 0.15) is 12.0 Å². The number of hydroxylamine groups is 1. The lowest BCUT2D eigenvalue weighted by Crippen LogP contribution is -2.36. The van der Waals surface area contributed by atoms with Gasteiger partial charge in [0.25, 0.3) is 5.91 Å². The molecule has 14 heavy (non-hydrogen) atoms. The quantitative estimate of drug-likeness (QED) is 0.440. The Morgan fingerprint density at radius 2 is 2.07 bits per heavy atom. The van der Waals surface area contributed by atoms with Crippen LogP contribution in [-0.4, -0.2) is 18.2 Å². The molecule has 76 valence electrons. The highest BCUT2D eigenvalue weighted by Crippen LogP contribution is 2.03. The zero-order chi connectivity index (χ0) is 10.4. The van der Waals surface area contributed by atoms with E-state index < -0.39 is 0 Å². The van der Waals surface area contributed by atoms with Crippen molar-refractivity contribution in [3.63, 3.8) is 0 Å². The first-order valence-corrected chi connectivity index (χ1v) is 4.39. The second kappa shape index (κ2) is 5.36. The fraction of sp³-hybridized carbons (Fsp3) is 0.300. The number of nitrogens with zero attached hydrogens (tertiary/aromatic N) is 1. The Hall–Kier alpha value is -1.39. The maximum atomic E-state index is 11.2. The second-order valence-corrected chi connectivity index (χ2v) is 2.89. The van der Waals surface area contributed by atoms with Gasteiger partial charge in [0.15, 0.2) is 0 Å². The highest BCUT2D eigenvalue weighted by molar-refractivity contribution is 5.74. The second-order valence-electron chi connectivity index (χ2n) is 2.89. The summed E-state index contributed by atoms with van der Waals surface area (Å²) in [7, 11) is 1.36. The van der Waals surface area contributed by atoms with Gasteiger partial charge in [-0.15, -0.1) is 0 Å². The maximum absolute atomic E-state index is 11.2. The predicted octanol–water partition coefficient (Wildman–Crippen LogP) is 0.883. The Kier molecular flexibility index (Phi) is 4.10. The molecule has 2 N–H and O–H groups in total. The Labute approximate surface area is 83.2 Å². The molecule has 0 fully saturated rings. The third-order valence-electron chi connectivity index (χ3n) is 1.91. The Balaban J connectivity index is 2.38. The van der Waals surface area contributed by atoms with Crippen molar-refractivity contribution < 1.29 is 9.63 Å². The van der Waals surface area contributed by atoms with Crippen LogP contribution in [0.3, 0.4) is 0 Å². The first kappa shape index (κ1) is 10.7. The monoisotopic (exact) mass is 194 g/mol. The molecule has 0 aliphatic carbocycles. The highest BCUT2D eigenvalue weighted by atomic mass is 16.7. The zero-order valence-electron chi connectivity index (χ0n) is 8.14. The molecule has 1 aromatic carbocycles. The summed E-state index contributed by atoms with van der Waals surface area (Å²) >= 11 is 0. The summed E-state index contributed by atoms with van der Waals surface area (Å²) in [4.78, 5) is 15.8. The molecular weight excluding hydrogens is 180 g/mol. The van der Waals surface area contributed by atoms with Crippen LogP contribution in [0.4, 0.5) is 0 Å². The number of aryl methyl sites for hydroxylation is 1. The van der Waals surface area contributed by atoms with E-state index >= 15 is 0 Å². The van der Waals surface area contributed by atoms with Gasteiger partial charge in [-0.25, -0.2) is 5.84 Å². The maximum Gasteiger partial charge on any atom is 0.261 e. The predicted molar refractivity (Wildman–Crippen MR) is 52.8 cm³/mol. The fourth-order valence-corrected chi connectivity index (χ4v) is 1.11. The summed E-state index contributed by atoms with van der Waals surface area (Å²) in [6.07, 6.45) is 1.03. The van der Waals surface area contributed by atoms with Crippen LogP contribution >= 0.6 is 0 Å². The molecule has 0 saturated heterocycles. The van der Waals surface area contributed by atoms with Crippen molar-refractivity contribution in [2.75, 3.05) is 7.11 Å². The molecule has 0 saturated carbocycles. The van der Waals surface area contributed by atoms with Gasteiger partial charge in [-0.05, 0) is 12.0 Å². The molecule has 0 radical (unpaired) electrons. The van der Waals surface area contributed by atoms with Crippen molar-refractivity contribution in [3.8, 4) is 0 Å². The smallest absolute Gasteiger partial charge is 0.261 e. The highest BCUT2D eigenvalue weighted by Gasteiger charge is 2.07. The Morgan fingerprint density at radius 1 is 1.43 bits per heavy atom. The Morgan fingerprint density at radius 3 is 2.64 bits per heavy atom. The van der Waals surface area contributed by atoms with Gasteiger partial charge >= 0.3 is 0 Å². The van der Waals surface area contributed by atoms with Crippen LogP contribution in [0.5, 0.6) is 0 Å². The largest absolute Gasteiger partial charge is 0.271 e. The van der Waals surface area contributed by atoms with Gasteiger partial charge in [0, 0.05) is 6.42 Å². The van der Waals surface area contributed by atoms with E-state index in [-0.39, 0.29) is 5.91 Å². The van der Waals surface area contributed by atoms with E-state index in [2.05, 4.69) is 4.84 Å². The average molecular weight is 194 g/mol. The average Bonchev–Trinajstić information content (AvgIpc) is 2.26. The number of carbonyl (C=O) groups excluding carboxylic acids is 1. The Bertz CT molecular complexity index is 287. The number of amides is 1. The minimum Gasteiger partial charge on any atom is -0.271 e. The summed E-state index contributed by atoms with van der Waals surface area (Å²) in [5.41, 5.74) is 1.12. The normalized spacial score (nSPS) is 9.86. The third-order valence-corrected chi connectivity index (χ3v) is 1.91. The lowest BCUT2D eigenvalue weighted by Gasteiger charge is -2.12. The number of benzene rings is 1. The fourth-order valence-electron chi connectivity index (χ4n) is 1.11. The standard InChI is InChI=1S/C10H14N2O2/c1-14-12(11)10(13)8-7-9-5-3-2-4-6-9/h2-6H,7-8,11H2,1H3. The van der Waals surface area contributed by atoms with E-state index in [0.717, 1.165) is 10.7 Å². The lowest BCUT2D eigenvalue weighted by molar-refractivity contribution is -0.177. The van der Waals surface area contributed by atoms with Gasteiger partial charge in [-0.2, -0.15) is 5.17 Å². The van der Waals surface area contributed by atoms with Gasteiger partial charge in [0.1, 0.15) is 0 Å². The van der Waals surface area contributed by atoms with Crippen LogP contribution in [0.15, 0.2) is 30.3 Å². The number of hydrogen-bond donors (Lipinski definition) is 1. The SMILES string of the molecule is CON(N)C(=O)CCc1ccccc1. The van der Waals surface area contributed by atoms with Crippen molar-refractivity contribution in [3.05, 3.63) is 35.9 Å². The van der Waals surface area contributed by atoms with E-state index in [9.17, 15) is 4.79 Å². The van der Waals surface area contributed by atoms with E-state index in [1.807, 2.05) is 30.3 Å². The van der Waals surface area contributed by atoms with Gasteiger partial charge in [-0.1, -0.05) is 30.3 Å².